The van der Waals surface area contributed by atoms with Crippen molar-refractivity contribution < 1.29 is 4.79 Å². The fourth-order valence-electron chi connectivity index (χ4n) is 2.41. The molecule has 0 bridgehead atoms. The lowest BCUT2D eigenvalue weighted by molar-refractivity contribution is -0.114. The minimum atomic E-state index is -0.117. The summed E-state index contributed by atoms with van der Waals surface area (Å²) in [4.78, 5) is 15.8. The Labute approximate surface area is 135 Å². The van der Waals surface area contributed by atoms with Crippen molar-refractivity contribution in [3.63, 3.8) is 0 Å². The van der Waals surface area contributed by atoms with E-state index in [0.29, 0.717) is 5.82 Å². The first-order valence-corrected chi connectivity index (χ1v) is 7.58. The third kappa shape index (κ3) is 3.08. The van der Waals surface area contributed by atoms with Crippen LogP contribution in [0.15, 0.2) is 42.6 Å². The molecule has 0 atom stereocenters. The number of pyridine rings is 1. The molecule has 1 amide bonds. The standard InChI is InChI=1S/C18H20N4O/c1-12(23)20-17-11-16(18(2,3)4)21-22(17)14-7-8-15-13(10-14)6-5-9-19-15/h5-11H,1-4H3,(H,20,23). The second-order valence-electron chi connectivity index (χ2n) is 6.64. The minimum Gasteiger partial charge on any atom is -0.311 e. The fourth-order valence-corrected chi connectivity index (χ4v) is 2.41. The number of anilines is 1. The molecule has 5 heteroatoms. The number of aromatic nitrogens is 3. The molecule has 0 radical (unpaired) electrons. The van der Waals surface area contributed by atoms with Gasteiger partial charge in [-0.15, -0.1) is 0 Å². The summed E-state index contributed by atoms with van der Waals surface area (Å²) in [5.74, 6) is 0.555. The molecule has 5 nitrogen and oxygen atoms in total. The molecule has 0 unspecified atom stereocenters. The average Bonchev–Trinajstić information content (AvgIpc) is 2.90. The second kappa shape index (κ2) is 5.50. The first-order valence-electron chi connectivity index (χ1n) is 7.58. The van der Waals surface area contributed by atoms with Gasteiger partial charge in [-0.1, -0.05) is 26.8 Å². The Hall–Kier alpha value is -2.69. The van der Waals surface area contributed by atoms with Crippen LogP contribution in [-0.2, 0) is 10.2 Å². The minimum absolute atomic E-state index is 0.100. The summed E-state index contributed by atoms with van der Waals surface area (Å²) in [5, 5.41) is 8.59. The van der Waals surface area contributed by atoms with Crippen LogP contribution < -0.4 is 5.32 Å². The number of fused-ring (bicyclic) bond motifs is 1. The van der Waals surface area contributed by atoms with E-state index in [-0.39, 0.29) is 11.3 Å². The van der Waals surface area contributed by atoms with Crippen molar-refractivity contribution >= 4 is 22.6 Å². The van der Waals surface area contributed by atoms with Crippen molar-refractivity contribution in [1.29, 1.82) is 0 Å². The first kappa shape index (κ1) is 15.2. The molecule has 0 saturated carbocycles. The van der Waals surface area contributed by atoms with E-state index in [2.05, 4.69) is 31.1 Å². The van der Waals surface area contributed by atoms with Crippen molar-refractivity contribution in [3.8, 4) is 5.69 Å². The van der Waals surface area contributed by atoms with Crippen LogP contribution in [0, 0.1) is 0 Å². The second-order valence-corrected chi connectivity index (χ2v) is 6.64. The Morgan fingerprint density at radius 1 is 1.17 bits per heavy atom. The maximum absolute atomic E-state index is 11.5. The van der Waals surface area contributed by atoms with Crippen LogP contribution in [0.1, 0.15) is 33.4 Å². The maximum Gasteiger partial charge on any atom is 0.222 e. The van der Waals surface area contributed by atoms with Gasteiger partial charge in [0.2, 0.25) is 5.91 Å². The summed E-state index contributed by atoms with van der Waals surface area (Å²) >= 11 is 0. The molecule has 2 heterocycles. The summed E-state index contributed by atoms with van der Waals surface area (Å²) in [5.41, 5.74) is 2.65. The van der Waals surface area contributed by atoms with E-state index >= 15 is 0 Å². The van der Waals surface area contributed by atoms with Crippen molar-refractivity contribution in [2.24, 2.45) is 0 Å². The van der Waals surface area contributed by atoms with Crippen molar-refractivity contribution in [1.82, 2.24) is 14.8 Å². The number of carbonyl (C=O) groups excluding carboxylic acids is 1. The van der Waals surface area contributed by atoms with Crippen LogP contribution in [0.4, 0.5) is 5.82 Å². The molecule has 3 rings (SSSR count). The van der Waals surface area contributed by atoms with Crippen LogP contribution in [0.3, 0.4) is 0 Å². The van der Waals surface area contributed by atoms with Gasteiger partial charge in [-0.2, -0.15) is 5.10 Å². The molecule has 0 aliphatic carbocycles. The monoisotopic (exact) mass is 308 g/mol. The Balaban J connectivity index is 2.15. The Kier molecular flexibility index (Phi) is 3.64. The average molecular weight is 308 g/mol. The molecule has 0 aliphatic heterocycles. The van der Waals surface area contributed by atoms with Crippen LogP contribution in [0.2, 0.25) is 0 Å². The predicted octanol–water partition coefficient (Wildman–Crippen LogP) is 3.68. The third-order valence-electron chi connectivity index (χ3n) is 3.61. The van der Waals surface area contributed by atoms with E-state index < -0.39 is 0 Å². The topological polar surface area (TPSA) is 59.8 Å². The predicted molar refractivity (Wildman–Crippen MR) is 91.9 cm³/mol. The highest BCUT2D eigenvalue weighted by Crippen LogP contribution is 2.27. The molecule has 23 heavy (non-hydrogen) atoms. The van der Waals surface area contributed by atoms with Gasteiger partial charge in [0.1, 0.15) is 5.82 Å². The van der Waals surface area contributed by atoms with E-state index in [9.17, 15) is 4.79 Å². The fraction of sp³-hybridized carbons (Fsp3) is 0.278. The molecule has 1 aromatic carbocycles. The lowest BCUT2D eigenvalue weighted by atomic mass is 9.92. The highest BCUT2D eigenvalue weighted by molar-refractivity contribution is 5.88. The molecular formula is C18H20N4O. The SMILES string of the molecule is CC(=O)Nc1cc(C(C)(C)C)nn1-c1ccc2ncccc2c1. The van der Waals surface area contributed by atoms with Gasteiger partial charge < -0.3 is 5.32 Å². The van der Waals surface area contributed by atoms with Gasteiger partial charge in [-0.3, -0.25) is 9.78 Å². The molecule has 2 aromatic heterocycles. The first-order chi connectivity index (χ1) is 10.8. The Morgan fingerprint density at radius 2 is 1.96 bits per heavy atom. The summed E-state index contributed by atoms with van der Waals surface area (Å²) in [6.45, 7) is 7.79. The zero-order chi connectivity index (χ0) is 16.6. The molecule has 118 valence electrons. The smallest absolute Gasteiger partial charge is 0.222 e. The van der Waals surface area contributed by atoms with Gasteiger partial charge in [-0.25, -0.2) is 4.68 Å². The van der Waals surface area contributed by atoms with Crippen molar-refractivity contribution in [2.45, 2.75) is 33.1 Å². The van der Waals surface area contributed by atoms with Crippen LogP contribution in [0.25, 0.3) is 16.6 Å². The zero-order valence-electron chi connectivity index (χ0n) is 13.8. The van der Waals surface area contributed by atoms with E-state index in [0.717, 1.165) is 22.3 Å². The lowest BCUT2D eigenvalue weighted by Crippen LogP contribution is -2.13. The Morgan fingerprint density at radius 3 is 2.65 bits per heavy atom. The highest BCUT2D eigenvalue weighted by atomic mass is 16.1. The summed E-state index contributed by atoms with van der Waals surface area (Å²) in [7, 11) is 0. The van der Waals surface area contributed by atoms with Gasteiger partial charge >= 0.3 is 0 Å². The number of nitrogens with one attached hydrogen (secondary N) is 1. The molecule has 0 fully saturated rings. The van der Waals surface area contributed by atoms with Crippen LogP contribution >= 0.6 is 0 Å². The van der Waals surface area contributed by atoms with Gasteiger partial charge in [0.15, 0.2) is 0 Å². The molecule has 0 saturated heterocycles. The number of hydrogen-bond acceptors (Lipinski definition) is 3. The molecule has 1 N–H and O–H groups in total. The molecule has 0 spiro atoms. The van der Waals surface area contributed by atoms with E-state index in [1.165, 1.54) is 6.92 Å². The van der Waals surface area contributed by atoms with Gasteiger partial charge in [0, 0.05) is 30.0 Å². The molecule has 3 aromatic rings. The largest absolute Gasteiger partial charge is 0.311 e. The zero-order valence-corrected chi connectivity index (χ0v) is 13.8. The number of rotatable bonds is 2. The summed E-state index contributed by atoms with van der Waals surface area (Å²) in [6, 6.07) is 11.8. The van der Waals surface area contributed by atoms with E-state index in [4.69, 9.17) is 5.10 Å². The number of hydrogen-bond donors (Lipinski definition) is 1. The number of carbonyl (C=O) groups is 1. The van der Waals surface area contributed by atoms with Gasteiger partial charge in [-0.05, 0) is 24.3 Å². The van der Waals surface area contributed by atoms with E-state index in [1.54, 1.807) is 10.9 Å². The quantitative estimate of drug-likeness (QED) is 0.785. The number of amides is 1. The van der Waals surface area contributed by atoms with Crippen molar-refractivity contribution in [3.05, 3.63) is 48.3 Å². The van der Waals surface area contributed by atoms with Crippen molar-refractivity contribution in [2.75, 3.05) is 5.32 Å². The number of benzene rings is 1. The van der Waals surface area contributed by atoms with Gasteiger partial charge in [0.25, 0.3) is 0 Å². The lowest BCUT2D eigenvalue weighted by Gasteiger charge is -2.14. The number of nitrogens with zero attached hydrogens (tertiary/aromatic N) is 3. The third-order valence-corrected chi connectivity index (χ3v) is 3.61. The molecular weight excluding hydrogens is 288 g/mol. The normalized spacial score (nSPS) is 11.7. The molecule has 0 aliphatic rings. The maximum atomic E-state index is 11.5. The summed E-state index contributed by atoms with van der Waals surface area (Å²) in [6.07, 6.45) is 1.77. The Bertz CT molecular complexity index is 874. The van der Waals surface area contributed by atoms with Crippen LogP contribution in [0.5, 0.6) is 0 Å². The van der Waals surface area contributed by atoms with E-state index in [1.807, 2.05) is 36.4 Å². The van der Waals surface area contributed by atoms with Crippen LogP contribution in [-0.4, -0.2) is 20.7 Å². The van der Waals surface area contributed by atoms with Gasteiger partial charge in [0.05, 0.1) is 16.9 Å². The summed E-state index contributed by atoms with van der Waals surface area (Å²) < 4.78 is 1.77. The highest BCUT2D eigenvalue weighted by Gasteiger charge is 2.21.